The van der Waals surface area contributed by atoms with Crippen LogP contribution in [-0.2, 0) is 20.0 Å². The van der Waals surface area contributed by atoms with E-state index in [2.05, 4.69) is 4.98 Å². The van der Waals surface area contributed by atoms with E-state index in [1.54, 1.807) is 36.3 Å². The molecule has 0 saturated heterocycles. The summed E-state index contributed by atoms with van der Waals surface area (Å²) in [7, 11) is 4.69. The van der Waals surface area contributed by atoms with Gasteiger partial charge in [0.05, 0.1) is 14.2 Å². The van der Waals surface area contributed by atoms with Gasteiger partial charge in [-0.1, -0.05) is 0 Å². The molecule has 7 nitrogen and oxygen atoms in total. The highest BCUT2D eigenvalue weighted by Gasteiger charge is 2.25. The van der Waals surface area contributed by atoms with Crippen molar-refractivity contribution in [1.29, 1.82) is 0 Å². The SMILES string of the molecule is COc1ccc(C(=O)N2CCc3cc(=O)n(C)cc3C2)c(OC)n1. The number of pyridine rings is 2. The number of methoxy groups -OCH3 is 2. The first kappa shape index (κ1) is 16.0. The van der Waals surface area contributed by atoms with Gasteiger partial charge in [-0.25, -0.2) is 0 Å². The minimum atomic E-state index is -0.151. The van der Waals surface area contributed by atoms with E-state index < -0.39 is 0 Å². The van der Waals surface area contributed by atoms with Crippen molar-refractivity contribution in [3.8, 4) is 11.8 Å². The molecule has 1 aliphatic heterocycles. The van der Waals surface area contributed by atoms with Gasteiger partial charge in [-0.15, -0.1) is 0 Å². The number of ether oxygens (including phenoxy) is 2. The van der Waals surface area contributed by atoms with Gasteiger partial charge in [0.15, 0.2) is 0 Å². The van der Waals surface area contributed by atoms with Crippen LogP contribution in [-0.4, -0.2) is 41.1 Å². The average Bonchev–Trinajstić information content (AvgIpc) is 2.61. The Morgan fingerprint density at radius 1 is 1.21 bits per heavy atom. The maximum absolute atomic E-state index is 12.8. The van der Waals surface area contributed by atoms with Crippen LogP contribution >= 0.6 is 0 Å². The molecular formula is C17H19N3O4. The van der Waals surface area contributed by atoms with Crippen LogP contribution in [0.25, 0.3) is 0 Å². The monoisotopic (exact) mass is 329 g/mol. The van der Waals surface area contributed by atoms with Gasteiger partial charge in [0.25, 0.3) is 11.5 Å². The van der Waals surface area contributed by atoms with Crippen LogP contribution in [0.5, 0.6) is 11.8 Å². The van der Waals surface area contributed by atoms with Crippen molar-refractivity contribution >= 4 is 5.91 Å². The number of carbonyl (C=O) groups excluding carboxylic acids is 1. The van der Waals surface area contributed by atoms with E-state index in [1.807, 2.05) is 0 Å². The van der Waals surface area contributed by atoms with Gasteiger partial charge in [0.2, 0.25) is 11.8 Å². The van der Waals surface area contributed by atoms with Crippen molar-refractivity contribution in [2.45, 2.75) is 13.0 Å². The molecular weight excluding hydrogens is 310 g/mol. The first-order valence-corrected chi connectivity index (χ1v) is 7.60. The summed E-state index contributed by atoms with van der Waals surface area (Å²) in [4.78, 5) is 30.4. The molecule has 0 saturated carbocycles. The first-order valence-electron chi connectivity index (χ1n) is 7.60. The zero-order chi connectivity index (χ0) is 17.3. The summed E-state index contributed by atoms with van der Waals surface area (Å²) in [5, 5.41) is 0. The Balaban J connectivity index is 1.89. The lowest BCUT2D eigenvalue weighted by Crippen LogP contribution is -2.37. The van der Waals surface area contributed by atoms with E-state index in [9.17, 15) is 9.59 Å². The van der Waals surface area contributed by atoms with Crippen molar-refractivity contribution in [3.63, 3.8) is 0 Å². The number of aryl methyl sites for hydroxylation is 1. The zero-order valence-corrected chi connectivity index (χ0v) is 13.9. The summed E-state index contributed by atoms with van der Waals surface area (Å²) in [6, 6.07) is 4.94. The zero-order valence-electron chi connectivity index (χ0n) is 13.9. The Morgan fingerprint density at radius 3 is 2.71 bits per heavy atom. The van der Waals surface area contributed by atoms with Gasteiger partial charge < -0.3 is 18.9 Å². The van der Waals surface area contributed by atoms with E-state index >= 15 is 0 Å². The molecule has 0 unspecified atom stereocenters. The van der Waals surface area contributed by atoms with Crippen molar-refractivity contribution < 1.29 is 14.3 Å². The van der Waals surface area contributed by atoms with Crippen LogP contribution in [0.3, 0.4) is 0 Å². The molecule has 0 radical (unpaired) electrons. The van der Waals surface area contributed by atoms with Crippen molar-refractivity contribution in [2.75, 3.05) is 20.8 Å². The second-order valence-electron chi connectivity index (χ2n) is 5.66. The van der Waals surface area contributed by atoms with Crippen molar-refractivity contribution in [3.05, 3.63) is 51.4 Å². The largest absolute Gasteiger partial charge is 0.481 e. The normalized spacial score (nSPS) is 13.4. The second kappa shape index (κ2) is 6.35. The lowest BCUT2D eigenvalue weighted by molar-refractivity contribution is 0.0729. The summed E-state index contributed by atoms with van der Waals surface area (Å²) in [6.07, 6.45) is 2.45. The molecule has 7 heteroatoms. The molecule has 0 fully saturated rings. The molecule has 0 aliphatic carbocycles. The predicted octanol–water partition coefficient (Wildman–Crippen LogP) is 0.996. The molecule has 0 aromatic carbocycles. The molecule has 0 bridgehead atoms. The predicted molar refractivity (Wildman–Crippen MR) is 87.5 cm³/mol. The Hall–Kier alpha value is -2.83. The topological polar surface area (TPSA) is 73.7 Å². The minimum Gasteiger partial charge on any atom is -0.481 e. The Bertz CT molecular complexity index is 844. The lowest BCUT2D eigenvalue weighted by atomic mass is 10.0. The second-order valence-corrected chi connectivity index (χ2v) is 5.66. The summed E-state index contributed by atoms with van der Waals surface area (Å²) < 4.78 is 11.8. The highest BCUT2D eigenvalue weighted by atomic mass is 16.5. The lowest BCUT2D eigenvalue weighted by Gasteiger charge is -2.29. The number of nitrogens with zero attached hydrogens (tertiary/aromatic N) is 3. The molecule has 2 aromatic rings. The molecule has 1 aliphatic rings. The average molecular weight is 329 g/mol. The molecule has 3 heterocycles. The molecule has 0 spiro atoms. The standard InChI is InChI=1S/C17H19N3O4/c1-19-9-12-10-20(7-6-11(12)8-15(19)21)17(22)13-4-5-14(23-2)18-16(13)24-3/h4-5,8-9H,6-7,10H2,1-3H3. The Morgan fingerprint density at radius 2 is 2.00 bits per heavy atom. The maximum Gasteiger partial charge on any atom is 0.259 e. The van der Waals surface area contributed by atoms with E-state index in [-0.39, 0.29) is 17.3 Å². The summed E-state index contributed by atoms with van der Waals surface area (Å²) in [6.45, 7) is 1.01. The van der Waals surface area contributed by atoms with Crippen LogP contribution in [0.2, 0.25) is 0 Å². The third kappa shape index (κ3) is 2.84. The van der Waals surface area contributed by atoms with E-state index in [0.717, 1.165) is 11.1 Å². The van der Waals surface area contributed by atoms with Crippen LogP contribution < -0.4 is 15.0 Å². The Labute approximate surface area is 139 Å². The van der Waals surface area contributed by atoms with Gasteiger partial charge >= 0.3 is 0 Å². The van der Waals surface area contributed by atoms with Crippen molar-refractivity contribution in [1.82, 2.24) is 14.5 Å². The summed E-state index contributed by atoms with van der Waals surface area (Å²) >= 11 is 0. The van der Waals surface area contributed by atoms with Crippen LogP contribution in [0.1, 0.15) is 21.5 Å². The number of hydrogen-bond acceptors (Lipinski definition) is 5. The maximum atomic E-state index is 12.8. The summed E-state index contributed by atoms with van der Waals surface area (Å²) in [5.74, 6) is 0.481. The van der Waals surface area contributed by atoms with Gasteiger partial charge in [0, 0.05) is 38.5 Å². The van der Waals surface area contributed by atoms with Crippen LogP contribution in [0.15, 0.2) is 29.2 Å². The molecule has 1 amide bonds. The minimum absolute atomic E-state index is 0.0328. The molecule has 24 heavy (non-hydrogen) atoms. The smallest absolute Gasteiger partial charge is 0.259 e. The molecule has 3 rings (SSSR count). The van der Waals surface area contributed by atoms with E-state index in [4.69, 9.17) is 9.47 Å². The highest BCUT2D eigenvalue weighted by molar-refractivity contribution is 5.96. The highest BCUT2D eigenvalue weighted by Crippen LogP contribution is 2.24. The number of carbonyl (C=O) groups is 1. The van der Waals surface area contributed by atoms with Crippen LogP contribution in [0, 0.1) is 0 Å². The number of rotatable bonds is 3. The fraction of sp³-hybridized carbons (Fsp3) is 0.353. The molecule has 2 aromatic heterocycles. The third-order valence-corrected chi connectivity index (χ3v) is 4.17. The van der Waals surface area contributed by atoms with Crippen molar-refractivity contribution in [2.24, 2.45) is 7.05 Å². The van der Waals surface area contributed by atoms with Gasteiger partial charge in [-0.3, -0.25) is 9.59 Å². The van der Waals surface area contributed by atoms with E-state index in [0.29, 0.717) is 31.0 Å². The molecule has 0 atom stereocenters. The van der Waals surface area contributed by atoms with E-state index in [1.165, 1.54) is 18.8 Å². The number of amides is 1. The fourth-order valence-corrected chi connectivity index (χ4v) is 2.84. The number of aromatic nitrogens is 2. The number of hydrogen-bond donors (Lipinski definition) is 0. The van der Waals surface area contributed by atoms with Gasteiger partial charge in [-0.2, -0.15) is 4.98 Å². The first-order chi connectivity index (χ1) is 11.5. The molecule has 126 valence electrons. The molecule has 0 N–H and O–H groups in total. The Kier molecular flexibility index (Phi) is 4.24. The van der Waals surface area contributed by atoms with Crippen LogP contribution in [0.4, 0.5) is 0 Å². The fourth-order valence-electron chi connectivity index (χ4n) is 2.84. The summed E-state index contributed by atoms with van der Waals surface area (Å²) in [5.41, 5.74) is 2.35. The quantitative estimate of drug-likeness (QED) is 0.840. The third-order valence-electron chi connectivity index (χ3n) is 4.17. The van der Waals surface area contributed by atoms with Gasteiger partial charge in [0.1, 0.15) is 5.56 Å². The number of fused-ring (bicyclic) bond motifs is 1. The van der Waals surface area contributed by atoms with Gasteiger partial charge in [-0.05, 0) is 23.6 Å².